The summed E-state index contributed by atoms with van der Waals surface area (Å²) < 4.78 is 0. The van der Waals surface area contributed by atoms with E-state index in [0.717, 1.165) is 27.1 Å². The molecule has 0 radical (unpaired) electrons. The van der Waals surface area contributed by atoms with Gasteiger partial charge < -0.3 is 15.2 Å². The van der Waals surface area contributed by atoms with Crippen LogP contribution in [-0.2, 0) is 17.8 Å². The van der Waals surface area contributed by atoms with Crippen LogP contribution in [0.4, 0.5) is 4.79 Å². The number of rotatable bonds is 1. The molecule has 6 nitrogen and oxygen atoms in total. The van der Waals surface area contributed by atoms with E-state index < -0.39 is 18.1 Å². The highest BCUT2D eigenvalue weighted by Crippen LogP contribution is 2.30. The molecular formula is C13H12N2O4. The van der Waals surface area contributed by atoms with Crippen LogP contribution in [0.15, 0.2) is 24.3 Å². The molecule has 1 aliphatic heterocycles. The first kappa shape index (κ1) is 11.6. The molecule has 0 saturated carbocycles. The van der Waals surface area contributed by atoms with Crippen molar-refractivity contribution in [2.75, 3.05) is 0 Å². The maximum Gasteiger partial charge on any atom is 0.408 e. The molecular weight excluding hydrogens is 248 g/mol. The largest absolute Gasteiger partial charge is 0.480 e. The molecule has 2 heterocycles. The third-order valence-electron chi connectivity index (χ3n) is 3.53. The molecule has 19 heavy (non-hydrogen) atoms. The van der Waals surface area contributed by atoms with Gasteiger partial charge in [-0.3, -0.25) is 4.90 Å². The van der Waals surface area contributed by atoms with Crippen LogP contribution in [0.3, 0.4) is 0 Å². The zero-order valence-corrected chi connectivity index (χ0v) is 9.96. The number of aliphatic carboxylic acids is 1. The summed E-state index contributed by atoms with van der Waals surface area (Å²) >= 11 is 0. The SMILES string of the molecule is O=C(O)C1Cc2c([nH]c3ccccc23)CN1C(=O)O. The van der Waals surface area contributed by atoms with Crippen LogP contribution >= 0.6 is 0 Å². The van der Waals surface area contributed by atoms with Gasteiger partial charge in [-0.15, -0.1) is 0 Å². The number of aromatic amines is 1. The number of H-pyrrole nitrogens is 1. The number of fused-ring (bicyclic) bond motifs is 3. The van der Waals surface area contributed by atoms with Gasteiger partial charge in [0.1, 0.15) is 6.04 Å². The average molecular weight is 260 g/mol. The topological polar surface area (TPSA) is 93.6 Å². The summed E-state index contributed by atoms with van der Waals surface area (Å²) in [5.41, 5.74) is 2.59. The van der Waals surface area contributed by atoms with Gasteiger partial charge >= 0.3 is 12.1 Å². The highest BCUT2D eigenvalue weighted by atomic mass is 16.4. The van der Waals surface area contributed by atoms with Crippen LogP contribution in [0.2, 0.25) is 0 Å². The molecule has 0 spiro atoms. The molecule has 1 amide bonds. The molecule has 6 heteroatoms. The lowest BCUT2D eigenvalue weighted by atomic mass is 9.97. The lowest BCUT2D eigenvalue weighted by molar-refractivity contribution is -0.143. The zero-order valence-electron chi connectivity index (χ0n) is 9.96. The van der Waals surface area contributed by atoms with Gasteiger partial charge in [0.15, 0.2) is 0 Å². The van der Waals surface area contributed by atoms with Crippen molar-refractivity contribution in [2.24, 2.45) is 0 Å². The molecule has 1 aromatic carbocycles. The van der Waals surface area contributed by atoms with Gasteiger partial charge in [0.25, 0.3) is 0 Å². The van der Waals surface area contributed by atoms with Crippen LogP contribution in [0.5, 0.6) is 0 Å². The monoisotopic (exact) mass is 260 g/mol. The molecule has 1 atom stereocenters. The summed E-state index contributed by atoms with van der Waals surface area (Å²) in [6, 6.07) is 6.56. The minimum Gasteiger partial charge on any atom is -0.480 e. The van der Waals surface area contributed by atoms with E-state index in [2.05, 4.69) is 4.98 Å². The molecule has 0 fully saturated rings. The third-order valence-corrected chi connectivity index (χ3v) is 3.53. The highest BCUT2D eigenvalue weighted by Gasteiger charge is 2.36. The fourth-order valence-corrected chi connectivity index (χ4v) is 2.63. The Morgan fingerprint density at radius 2 is 2.00 bits per heavy atom. The normalized spacial score (nSPS) is 18.3. The number of benzene rings is 1. The van der Waals surface area contributed by atoms with Gasteiger partial charge in [-0.1, -0.05) is 18.2 Å². The van der Waals surface area contributed by atoms with E-state index in [-0.39, 0.29) is 13.0 Å². The Labute approximate surface area is 108 Å². The highest BCUT2D eigenvalue weighted by molar-refractivity contribution is 5.87. The van der Waals surface area contributed by atoms with E-state index in [0.29, 0.717) is 0 Å². The Morgan fingerprint density at radius 1 is 1.26 bits per heavy atom. The zero-order chi connectivity index (χ0) is 13.6. The molecule has 1 unspecified atom stereocenters. The Balaban J connectivity index is 2.12. The Bertz CT molecular complexity index is 676. The number of aromatic nitrogens is 1. The number of carboxylic acid groups (broad SMARTS) is 2. The molecule has 2 aromatic rings. The van der Waals surface area contributed by atoms with Gasteiger partial charge in [-0.2, -0.15) is 0 Å². The van der Waals surface area contributed by atoms with Gasteiger partial charge in [0.05, 0.1) is 6.54 Å². The fourth-order valence-electron chi connectivity index (χ4n) is 2.63. The van der Waals surface area contributed by atoms with Crippen LogP contribution < -0.4 is 0 Å². The number of nitrogens with one attached hydrogen (secondary N) is 1. The molecule has 3 N–H and O–H groups in total. The first-order valence-corrected chi connectivity index (χ1v) is 5.88. The summed E-state index contributed by atoms with van der Waals surface area (Å²) in [4.78, 5) is 26.5. The maximum absolute atomic E-state index is 11.2. The fraction of sp³-hybridized carbons (Fsp3) is 0.231. The van der Waals surface area contributed by atoms with Gasteiger partial charge in [-0.05, 0) is 11.6 Å². The van der Waals surface area contributed by atoms with E-state index in [1.165, 1.54) is 0 Å². The van der Waals surface area contributed by atoms with E-state index in [1.54, 1.807) is 0 Å². The minimum atomic E-state index is -1.21. The van der Waals surface area contributed by atoms with E-state index in [4.69, 9.17) is 5.11 Å². The van der Waals surface area contributed by atoms with Gasteiger partial charge in [-0.25, -0.2) is 9.59 Å². The molecule has 0 saturated heterocycles. The lowest BCUT2D eigenvalue weighted by Gasteiger charge is -2.30. The average Bonchev–Trinajstić information content (AvgIpc) is 2.74. The van der Waals surface area contributed by atoms with Crippen LogP contribution in [0.25, 0.3) is 10.9 Å². The van der Waals surface area contributed by atoms with Crippen molar-refractivity contribution in [2.45, 2.75) is 19.0 Å². The van der Waals surface area contributed by atoms with Crippen molar-refractivity contribution < 1.29 is 19.8 Å². The second-order valence-electron chi connectivity index (χ2n) is 4.60. The first-order valence-electron chi connectivity index (χ1n) is 5.88. The second kappa shape index (κ2) is 4.01. The number of carboxylic acids is 1. The standard InChI is InChI=1S/C13H12N2O4/c16-12(17)11-5-8-7-3-1-2-4-9(7)14-10(8)6-15(11)13(18)19/h1-4,11,14H,5-6H2,(H,16,17)(H,18,19). The molecule has 3 rings (SSSR count). The maximum atomic E-state index is 11.2. The predicted molar refractivity (Wildman–Crippen MR) is 67.0 cm³/mol. The van der Waals surface area contributed by atoms with E-state index in [9.17, 15) is 14.7 Å². The van der Waals surface area contributed by atoms with Crippen LogP contribution in [0.1, 0.15) is 11.3 Å². The molecule has 0 bridgehead atoms. The van der Waals surface area contributed by atoms with Crippen LogP contribution in [0, 0.1) is 0 Å². The number of amides is 1. The smallest absolute Gasteiger partial charge is 0.408 e. The predicted octanol–water partition coefficient (Wildman–Crippen LogP) is 1.66. The summed E-state index contributed by atoms with van der Waals surface area (Å²) in [5.74, 6) is -1.11. The van der Waals surface area contributed by atoms with Crippen molar-refractivity contribution in [3.8, 4) is 0 Å². The summed E-state index contributed by atoms with van der Waals surface area (Å²) in [5, 5.41) is 19.3. The number of nitrogens with zero attached hydrogens (tertiary/aromatic N) is 1. The second-order valence-corrected chi connectivity index (χ2v) is 4.60. The Hall–Kier alpha value is -2.50. The summed E-state index contributed by atoms with van der Waals surface area (Å²) in [6.45, 7) is 0.0797. The first-order chi connectivity index (χ1) is 9.08. The quantitative estimate of drug-likeness (QED) is 0.726. The van der Waals surface area contributed by atoms with E-state index in [1.807, 2.05) is 24.3 Å². The summed E-state index contributed by atoms with van der Waals surface area (Å²) in [6.07, 6.45) is -1.02. The van der Waals surface area contributed by atoms with E-state index >= 15 is 0 Å². The Kier molecular flexibility index (Phi) is 2.45. The van der Waals surface area contributed by atoms with Gasteiger partial charge in [0, 0.05) is 23.0 Å². The molecule has 0 aliphatic carbocycles. The molecule has 1 aliphatic rings. The van der Waals surface area contributed by atoms with Crippen molar-refractivity contribution in [1.29, 1.82) is 0 Å². The molecule has 1 aromatic heterocycles. The Morgan fingerprint density at radius 3 is 2.68 bits per heavy atom. The number of hydrogen-bond donors (Lipinski definition) is 3. The molecule has 98 valence electrons. The lowest BCUT2D eigenvalue weighted by Crippen LogP contribution is -2.48. The number of para-hydroxylation sites is 1. The summed E-state index contributed by atoms with van der Waals surface area (Å²) in [7, 11) is 0. The number of carbonyl (C=O) groups is 2. The number of hydrogen-bond acceptors (Lipinski definition) is 2. The minimum absolute atomic E-state index is 0.0797. The van der Waals surface area contributed by atoms with Crippen LogP contribution in [-0.4, -0.2) is 38.2 Å². The third kappa shape index (κ3) is 1.72. The van der Waals surface area contributed by atoms with Gasteiger partial charge in [0.2, 0.25) is 0 Å². The van der Waals surface area contributed by atoms with Crippen molar-refractivity contribution >= 4 is 23.0 Å². The van der Waals surface area contributed by atoms with Crippen molar-refractivity contribution in [3.05, 3.63) is 35.5 Å². The van der Waals surface area contributed by atoms with Crippen molar-refractivity contribution in [3.63, 3.8) is 0 Å². The van der Waals surface area contributed by atoms with Crippen molar-refractivity contribution in [1.82, 2.24) is 9.88 Å².